The van der Waals surface area contributed by atoms with Crippen LogP contribution in [-0.4, -0.2) is 12.5 Å². The number of benzene rings is 1. The van der Waals surface area contributed by atoms with Crippen molar-refractivity contribution in [2.24, 2.45) is 11.7 Å². The molecule has 1 fully saturated rings. The first-order chi connectivity index (χ1) is 8.16. The summed E-state index contributed by atoms with van der Waals surface area (Å²) in [6, 6.07) is 5.65. The lowest BCUT2D eigenvalue weighted by Gasteiger charge is -2.25. The molecule has 0 spiro atoms. The van der Waals surface area contributed by atoms with Gasteiger partial charge < -0.3 is 11.1 Å². The van der Waals surface area contributed by atoms with Crippen LogP contribution in [0.25, 0.3) is 0 Å². The number of rotatable bonds is 5. The minimum Gasteiger partial charge on any atom is -0.366 e. The van der Waals surface area contributed by atoms with E-state index in [2.05, 4.69) is 5.32 Å². The SMILES string of the molecule is Cc1cc(C(N)=O)ccc1CNCC1CCC1. The smallest absolute Gasteiger partial charge is 0.248 e. The molecule has 0 bridgehead atoms. The molecule has 0 aromatic heterocycles. The van der Waals surface area contributed by atoms with Crippen molar-refractivity contribution in [3.63, 3.8) is 0 Å². The number of hydrogen-bond donors (Lipinski definition) is 2. The number of aryl methyl sites for hydroxylation is 1. The van der Waals surface area contributed by atoms with Crippen LogP contribution < -0.4 is 11.1 Å². The Kier molecular flexibility index (Phi) is 3.79. The average Bonchev–Trinajstić information content (AvgIpc) is 2.23. The normalized spacial score (nSPS) is 15.6. The summed E-state index contributed by atoms with van der Waals surface area (Å²) in [4.78, 5) is 11.0. The number of hydrogen-bond acceptors (Lipinski definition) is 2. The second-order valence-electron chi connectivity index (χ2n) is 4.93. The maximum absolute atomic E-state index is 11.0. The molecule has 1 amide bonds. The van der Waals surface area contributed by atoms with Crippen LogP contribution in [0.2, 0.25) is 0 Å². The van der Waals surface area contributed by atoms with Gasteiger partial charge in [-0.1, -0.05) is 12.5 Å². The molecule has 0 heterocycles. The Bertz CT molecular complexity index is 411. The summed E-state index contributed by atoms with van der Waals surface area (Å²) in [6.07, 6.45) is 4.12. The standard InChI is InChI=1S/C14H20N2O/c1-10-7-12(14(15)17)5-6-13(10)9-16-8-11-3-2-4-11/h5-7,11,16H,2-4,8-9H2,1H3,(H2,15,17). The number of carbonyl (C=O) groups excluding carboxylic acids is 1. The molecule has 0 unspecified atom stereocenters. The third kappa shape index (κ3) is 3.07. The van der Waals surface area contributed by atoms with E-state index in [9.17, 15) is 4.79 Å². The first-order valence-corrected chi connectivity index (χ1v) is 6.27. The fourth-order valence-electron chi connectivity index (χ4n) is 2.16. The van der Waals surface area contributed by atoms with Crippen LogP contribution in [0.5, 0.6) is 0 Å². The van der Waals surface area contributed by atoms with Gasteiger partial charge in [-0.05, 0) is 55.5 Å². The number of amides is 1. The topological polar surface area (TPSA) is 55.1 Å². The number of nitrogens with two attached hydrogens (primary N) is 1. The lowest BCUT2D eigenvalue weighted by atomic mass is 9.85. The molecular weight excluding hydrogens is 212 g/mol. The lowest BCUT2D eigenvalue weighted by molar-refractivity contribution is 0.1000. The van der Waals surface area contributed by atoms with Crippen molar-refractivity contribution in [1.29, 1.82) is 0 Å². The van der Waals surface area contributed by atoms with Gasteiger partial charge in [0.15, 0.2) is 0 Å². The molecular formula is C14H20N2O. The van der Waals surface area contributed by atoms with Gasteiger partial charge in [0.1, 0.15) is 0 Å². The van der Waals surface area contributed by atoms with E-state index < -0.39 is 0 Å². The summed E-state index contributed by atoms with van der Waals surface area (Å²) in [6.45, 7) is 4.01. The van der Waals surface area contributed by atoms with Crippen molar-refractivity contribution in [3.8, 4) is 0 Å². The first-order valence-electron chi connectivity index (χ1n) is 6.27. The van der Waals surface area contributed by atoms with E-state index in [1.165, 1.54) is 24.8 Å². The Hall–Kier alpha value is -1.35. The van der Waals surface area contributed by atoms with Crippen LogP contribution in [-0.2, 0) is 6.54 Å². The molecule has 17 heavy (non-hydrogen) atoms. The molecule has 1 aromatic carbocycles. The Labute approximate surface area is 102 Å². The number of carbonyl (C=O) groups is 1. The molecule has 92 valence electrons. The van der Waals surface area contributed by atoms with Gasteiger partial charge in [-0.15, -0.1) is 0 Å². The van der Waals surface area contributed by atoms with Gasteiger partial charge in [-0.2, -0.15) is 0 Å². The average molecular weight is 232 g/mol. The van der Waals surface area contributed by atoms with Crippen molar-refractivity contribution in [3.05, 3.63) is 34.9 Å². The minimum absolute atomic E-state index is 0.359. The van der Waals surface area contributed by atoms with Crippen molar-refractivity contribution in [2.45, 2.75) is 32.7 Å². The molecule has 1 aromatic rings. The predicted molar refractivity (Wildman–Crippen MR) is 68.7 cm³/mol. The highest BCUT2D eigenvalue weighted by Crippen LogP contribution is 2.25. The van der Waals surface area contributed by atoms with Crippen LogP contribution in [0.4, 0.5) is 0 Å². The predicted octanol–water partition coefficient (Wildman–Crippen LogP) is 1.98. The molecule has 0 atom stereocenters. The number of primary amides is 1. The Morgan fingerprint density at radius 2 is 2.24 bits per heavy atom. The number of nitrogens with one attached hydrogen (secondary N) is 1. The highest BCUT2D eigenvalue weighted by Gasteiger charge is 2.16. The molecule has 2 rings (SSSR count). The van der Waals surface area contributed by atoms with Gasteiger partial charge in [-0.3, -0.25) is 4.79 Å². The van der Waals surface area contributed by atoms with E-state index in [0.29, 0.717) is 5.56 Å². The second-order valence-corrected chi connectivity index (χ2v) is 4.93. The van der Waals surface area contributed by atoms with Crippen molar-refractivity contribution >= 4 is 5.91 Å². The summed E-state index contributed by atoms with van der Waals surface area (Å²) >= 11 is 0. The van der Waals surface area contributed by atoms with E-state index in [4.69, 9.17) is 5.73 Å². The Morgan fingerprint density at radius 3 is 2.76 bits per heavy atom. The van der Waals surface area contributed by atoms with Crippen LogP contribution in [0.3, 0.4) is 0 Å². The summed E-state index contributed by atoms with van der Waals surface area (Å²) < 4.78 is 0. The zero-order chi connectivity index (χ0) is 12.3. The van der Waals surface area contributed by atoms with E-state index in [0.717, 1.165) is 24.6 Å². The maximum Gasteiger partial charge on any atom is 0.248 e. The third-order valence-corrected chi connectivity index (χ3v) is 3.60. The second kappa shape index (κ2) is 5.32. The summed E-state index contributed by atoms with van der Waals surface area (Å²) in [5.74, 6) is 0.516. The molecule has 3 nitrogen and oxygen atoms in total. The van der Waals surface area contributed by atoms with Crippen LogP contribution in [0, 0.1) is 12.8 Å². The maximum atomic E-state index is 11.0. The fraction of sp³-hybridized carbons (Fsp3) is 0.500. The summed E-state index contributed by atoms with van der Waals surface area (Å²) in [5, 5.41) is 3.48. The zero-order valence-corrected chi connectivity index (χ0v) is 10.3. The Balaban J connectivity index is 1.89. The zero-order valence-electron chi connectivity index (χ0n) is 10.3. The van der Waals surface area contributed by atoms with Gasteiger partial charge in [0.2, 0.25) is 5.91 Å². The molecule has 1 saturated carbocycles. The lowest BCUT2D eigenvalue weighted by Crippen LogP contribution is -2.27. The molecule has 3 heteroatoms. The Morgan fingerprint density at radius 1 is 1.47 bits per heavy atom. The van der Waals surface area contributed by atoms with E-state index in [-0.39, 0.29) is 5.91 Å². The molecule has 0 saturated heterocycles. The minimum atomic E-state index is -0.359. The summed E-state index contributed by atoms with van der Waals surface area (Å²) in [5.41, 5.74) is 8.20. The van der Waals surface area contributed by atoms with E-state index in [1.54, 1.807) is 6.07 Å². The van der Waals surface area contributed by atoms with Crippen LogP contribution in [0.15, 0.2) is 18.2 Å². The van der Waals surface area contributed by atoms with Gasteiger partial charge in [0.05, 0.1) is 0 Å². The van der Waals surface area contributed by atoms with Gasteiger partial charge >= 0.3 is 0 Å². The molecule has 3 N–H and O–H groups in total. The van der Waals surface area contributed by atoms with Crippen molar-refractivity contribution in [2.75, 3.05) is 6.54 Å². The molecule has 1 aliphatic carbocycles. The van der Waals surface area contributed by atoms with E-state index >= 15 is 0 Å². The summed E-state index contributed by atoms with van der Waals surface area (Å²) in [7, 11) is 0. The van der Waals surface area contributed by atoms with Gasteiger partial charge in [-0.25, -0.2) is 0 Å². The molecule has 0 aliphatic heterocycles. The third-order valence-electron chi connectivity index (χ3n) is 3.60. The van der Waals surface area contributed by atoms with Crippen molar-refractivity contribution in [1.82, 2.24) is 5.32 Å². The van der Waals surface area contributed by atoms with Gasteiger partial charge in [0, 0.05) is 12.1 Å². The quantitative estimate of drug-likeness (QED) is 0.815. The fourth-order valence-corrected chi connectivity index (χ4v) is 2.16. The first kappa shape index (κ1) is 12.1. The highest BCUT2D eigenvalue weighted by molar-refractivity contribution is 5.93. The van der Waals surface area contributed by atoms with Crippen molar-refractivity contribution < 1.29 is 4.79 Å². The van der Waals surface area contributed by atoms with Crippen LogP contribution in [0.1, 0.15) is 40.7 Å². The highest BCUT2D eigenvalue weighted by atomic mass is 16.1. The van der Waals surface area contributed by atoms with Crippen LogP contribution >= 0.6 is 0 Å². The molecule has 1 aliphatic rings. The van der Waals surface area contributed by atoms with Gasteiger partial charge in [0.25, 0.3) is 0 Å². The largest absolute Gasteiger partial charge is 0.366 e. The van der Waals surface area contributed by atoms with E-state index in [1.807, 2.05) is 19.1 Å². The monoisotopic (exact) mass is 232 g/mol. The molecule has 0 radical (unpaired) electrons.